The third kappa shape index (κ3) is 3.12. The van der Waals surface area contributed by atoms with Gasteiger partial charge in [-0.15, -0.1) is 0 Å². The minimum atomic E-state index is -1.91. The molecule has 2 unspecified atom stereocenters. The van der Waals surface area contributed by atoms with Crippen molar-refractivity contribution in [1.29, 1.82) is 0 Å². The summed E-state index contributed by atoms with van der Waals surface area (Å²) in [7, 11) is 0. The van der Waals surface area contributed by atoms with Crippen molar-refractivity contribution in [1.82, 2.24) is 0 Å². The van der Waals surface area contributed by atoms with Gasteiger partial charge in [0.25, 0.3) is 0 Å². The third-order valence-electron chi connectivity index (χ3n) is 1.94. The molecule has 1 N–H and O–H groups in total. The van der Waals surface area contributed by atoms with Crippen LogP contribution >= 0.6 is 0 Å². The molecular formula is C10H14O3S. The molecule has 0 spiro atoms. The van der Waals surface area contributed by atoms with E-state index in [4.69, 9.17) is 9.29 Å². The summed E-state index contributed by atoms with van der Waals surface area (Å²) in [6, 6.07) is 6.59. The van der Waals surface area contributed by atoms with E-state index in [0.29, 0.717) is 4.90 Å². The van der Waals surface area contributed by atoms with E-state index in [1.807, 2.05) is 13.8 Å². The Labute approximate surface area is 86.4 Å². The Balaban J connectivity index is 2.68. The van der Waals surface area contributed by atoms with Crippen molar-refractivity contribution in [2.45, 2.75) is 31.3 Å². The van der Waals surface area contributed by atoms with Crippen molar-refractivity contribution in [3.05, 3.63) is 24.3 Å². The van der Waals surface area contributed by atoms with Gasteiger partial charge in [0.1, 0.15) is 5.75 Å². The van der Waals surface area contributed by atoms with Crippen LogP contribution in [-0.2, 0) is 11.1 Å². The Morgan fingerprint density at radius 1 is 1.43 bits per heavy atom. The Hall–Kier alpha value is -0.870. The van der Waals surface area contributed by atoms with Crippen molar-refractivity contribution >= 4 is 11.1 Å². The Bertz CT molecular complexity index is 308. The topological polar surface area (TPSA) is 46.5 Å². The highest BCUT2D eigenvalue weighted by molar-refractivity contribution is 7.79. The van der Waals surface area contributed by atoms with Crippen molar-refractivity contribution in [3.63, 3.8) is 0 Å². The van der Waals surface area contributed by atoms with Gasteiger partial charge in [0.2, 0.25) is 0 Å². The van der Waals surface area contributed by atoms with Crippen LogP contribution in [0, 0.1) is 0 Å². The van der Waals surface area contributed by atoms with Gasteiger partial charge in [0.05, 0.1) is 11.0 Å². The summed E-state index contributed by atoms with van der Waals surface area (Å²) in [5.74, 6) is 0.730. The van der Waals surface area contributed by atoms with Crippen LogP contribution in [0.2, 0.25) is 0 Å². The first-order valence-electron chi connectivity index (χ1n) is 4.51. The molecule has 1 rings (SSSR count). The van der Waals surface area contributed by atoms with Gasteiger partial charge in [0.15, 0.2) is 11.1 Å². The van der Waals surface area contributed by atoms with Gasteiger partial charge in [-0.05, 0) is 37.6 Å². The summed E-state index contributed by atoms with van der Waals surface area (Å²) in [6.45, 7) is 4.03. The fourth-order valence-electron chi connectivity index (χ4n) is 0.950. The second-order valence-electron chi connectivity index (χ2n) is 3.06. The maximum Gasteiger partial charge on any atom is 0.186 e. The molecule has 1 aromatic rings. The molecule has 78 valence electrons. The summed E-state index contributed by atoms with van der Waals surface area (Å²) in [4.78, 5) is 0.390. The highest BCUT2D eigenvalue weighted by Crippen LogP contribution is 2.16. The van der Waals surface area contributed by atoms with E-state index in [1.54, 1.807) is 24.3 Å². The summed E-state index contributed by atoms with van der Waals surface area (Å²) < 4.78 is 25.0. The highest BCUT2D eigenvalue weighted by atomic mass is 32.2. The van der Waals surface area contributed by atoms with Crippen molar-refractivity contribution in [2.24, 2.45) is 0 Å². The average Bonchev–Trinajstić information content (AvgIpc) is 2.18. The molecular weight excluding hydrogens is 200 g/mol. The molecule has 0 radical (unpaired) electrons. The van der Waals surface area contributed by atoms with Crippen LogP contribution in [0.5, 0.6) is 5.75 Å². The Morgan fingerprint density at radius 3 is 2.43 bits per heavy atom. The lowest BCUT2D eigenvalue weighted by molar-refractivity contribution is 0.217. The van der Waals surface area contributed by atoms with Crippen LogP contribution in [0.3, 0.4) is 0 Å². The van der Waals surface area contributed by atoms with Crippen molar-refractivity contribution in [3.8, 4) is 5.75 Å². The lowest BCUT2D eigenvalue weighted by atomic mass is 10.3. The van der Waals surface area contributed by atoms with Crippen molar-refractivity contribution < 1.29 is 13.5 Å². The molecule has 0 aliphatic rings. The standard InChI is InChI=1S/C10H14O3S/c1-3-8(2)13-9-4-6-10(7-5-9)14(11)12/h4-8H,3H2,1-2H3,(H,11,12). The average molecular weight is 214 g/mol. The predicted octanol–water partition coefficient (Wildman–Crippen LogP) is 2.44. The molecule has 0 saturated carbocycles. The second kappa shape index (κ2) is 5.12. The van der Waals surface area contributed by atoms with Crippen LogP contribution < -0.4 is 4.74 Å². The van der Waals surface area contributed by atoms with Gasteiger partial charge in [-0.2, -0.15) is 0 Å². The van der Waals surface area contributed by atoms with Gasteiger partial charge in [0, 0.05) is 0 Å². The Morgan fingerprint density at radius 2 is 2.00 bits per heavy atom. The van der Waals surface area contributed by atoms with Crippen LogP contribution in [-0.4, -0.2) is 14.9 Å². The maximum atomic E-state index is 10.7. The zero-order valence-corrected chi connectivity index (χ0v) is 9.08. The number of rotatable bonds is 4. The largest absolute Gasteiger partial charge is 0.491 e. The monoisotopic (exact) mass is 214 g/mol. The normalized spacial score (nSPS) is 14.8. The number of hydrogen-bond acceptors (Lipinski definition) is 2. The van der Waals surface area contributed by atoms with Gasteiger partial charge in [-0.3, -0.25) is 0 Å². The molecule has 0 heterocycles. The van der Waals surface area contributed by atoms with Crippen LogP contribution in [0.1, 0.15) is 20.3 Å². The molecule has 14 heavy (non-hydrogen) atoms. The highest BCUT2D eigenvalue weighted by Gasteiger charge is 2.02. The summed E-state index contributed by atoms with van der Waals surface area (Å²) in [6.07, 6.45) is 1.11. The van der Waals surface area contributed by atoms with Gasteiger partial charge < -0.3 is 9.29 Å². The minimum absolute atomic E-state index is 0.167. The molecule has 2 atom stereocenters. The molecule has 0 fully saturated rings. The number of ether oxygens (including phenoxy) is 1. The fraction of sp³-hybridized carbons (Fsp3) is 0.400. The predicted molar refractivity (Wildman–Crippen MR) is 55.9 cm³/mol. The number of benzene rings is 1. The van der Waals surface area contributed by atoms with Gasteiger partial charge in [-0.1, -0.05) is 6.92 Å². The van der Waals surface area contributed by atoms with E-state index in [0.717, 1.165) is 12.2 Å². The molecule has 0 saturated heterocycles. The first-order valence-corrected chi connectivity index (χ1v) is 5.61. The lowest BCUT2D eigenvalue weighted by Gasteiger charge is -2.12. The molecule has 1 aromatic carbocycles. The van der Waals surface area contributed by atoms with Crippen LogP contribution in [0.25, 0.3) is 0 Å². The molecule has 0 aromatic heterocycles. The van der Waals surface area contributed by atoms with E-state index >= 15 is 0 Å². The molecule has 0 amide bonds. The zero-order valence-electron chi connectivity index (χ0n) is 8.27. The lowest BCUT2D eigenvalue weighted by Crippen LogP contribution is -2.09. The zero-order chi connectivity index (χ0) is 10.6. The molecule has 4 heteroatoms. The fourth-order valence-corrected chi connectivity index (χ4v) is 1.32. The van der Waals surface area contributed by atoms with Gasteiger partial charge >= 0.3 is 0 Å². The van der Waals surface area contributed by atoms with Crippen LogP contribution in [0.4, 0.5) is 0 Å². The van der Waals surface area contributed by atoms with Crippen LogP contribution in [0.15, 0.2) is 29.2 Å². The van der Waals surface area contributed by atoms with E-state index < -0.39 is 11.1 Å². The quantitative estimate of drug-likeness (QED) is 0.783. The van der Waals surface area contributed by atoms with E-state index in [9.17, 15) is 4.21 Å². The van der Waals surface area contributed by atoms with Crippen molar-refractivity contribution in [2.75, 3.05) is 0 Å². The first kappa shape index (κ1) is 11.2. The second-order valence-corrected chi connectivity index (χ2v) is 4.03. The number of hydrogen-bond donors (Lipinski definition) is 1. The Kier molecular flexibility index (Phi) is 4.10. The van der Waals surface area contributed by atoms with E-state index in [1.165, 1.54) is 0 Å². The minimum Gasteiger partial charge on any atom is -0.491 e. The maximum absolute atomic E-state index is 10.7. The van der Waals surface area contributed by atoms with E-state index in [-0.39, 0.29) is 6.10 Å². The SMILES string of the molecule is CCC(C)Oc1ccc(S(=O)O)cc1. The summed E-state index contributed by atoms with van der Waals surface area (Å²) in [5.41, 5.74) is 0. The molecule has 0 aliphatic carbocycles. The molecule has 0 aliphatic heterocycles. The first-order chi connectivity index (χ1) is 6.63. The summed E-state index contributed by atoms with van der Waals surface area (Å²) in [5, 5.41) is 0. The smallest absolute Gasteiger partial charge is 0.186 e. The van der Waals surface area contributed by atoms with E-state index in [2.05, 4.69) is 0 Å². The summed E-state index contributed by atoms with van der Waals surface area (Å²) >= 11 is -1.91. The van der Waals surface area contributed by atoms with Gasteiger partial charge in [-0.25, -0.2) is 4.21 Å². The third-order valence-corrected chi connectivity index (χ3v) is 2.61. The molecule has 3 nitrogen and oxygen atoms in total. The molecule has 0 bridgehead atoms.